The van der Waals surface area contributed by atoms with Gasteiger partial charge in [-0.3, -0.25) is 0 Å². The molecule has 1 unspecified atom stereocenters. The molecule has 0 heterocycles. The third-order valence-electron chi connectivity index (χ3n) is 2.99. The van der Waals surface area contributed by atoms with Gasteiger partial charge in [-0.2, -0.15) is 0 Å². The van der Waals surface area contributed by atoms with Gasteiger partial charge in [0.05, 0.1) is 0 Å². The van der Waals surface area contributed by atoms with Crippen molar-refractivity contribution in [3.8, 4) is 0 Å². The quantitative estimate of drug-likeness (QED) is 0.615. The van der Waals surface area contributed by atoms with Crippen molar-refractivity contribution in [2.45, 2.75) is 37.7 Å². The van der Waals surface area contributed by atoms with Crippen molar-refractivity contribution in [1.29, 1.82) is 0 Å². The number of rotatable bonds is 2. The Bertz CT molecular complexity index is 230. The van der Waals surface area contributed by atoms with Gasteiger partial charge < -0.3 is 0 Å². The topological polar surface area (TPSA) is 29.5 Å². The van der Waals surface area contributed by atoms with Crippen LogP contribution in [0.4, 0.5) is 0 Å². The molecule has 2 saturated carbocycles. The van der Waals surface area contributed by atoms with E-state index in [1.807, 2.05) is 0 Å². The average Bonchev–Trinajstić information content (AvgIpc) is 2.40. The van der Waals surface area contributed by atoms with Crippen molar-refractivity contribution < 1.29 is 9.42 Å². The second-order valence-corrected chi connectivity index (χ2v) is 14.8. The zero-order valence-corrected chi connectivity index (χ0v) is 11.1. The summed E-state index contributed by atoms with van der Waals surface area (Å²) in [5, 5.41) is 0. The van der Waals surface area contributed by atoms with E-state index in [1.54, 1.807) is 0 Å². The summed E-state index contributed by atoms with van der Waals surface area (Å²) in [5.41, 5.74) is 0.0314. The van der Waals surface area contributed by atoms with Crippen LogP contribution in [0.3, 0.4) is 0 Å². The SMILES string of the molecule is OP([Se])(=[Se])OC12CCC(CC1)C2. The Hall–Kier alpha value is 1.39. The first kappa shape index (κ1) is 9.93. The summed E-state index contributed by atoms with van der Waals surface area (Å²) < 4.78 is 3.46. The van der Waals surface area contributed by atoms with Gasteiger partial charge in [-0.1, -0.05) is 0 Å². The van der Waals surface area contributed by atoms with E-state index in [4.69, 9.17) is 4.52 Å². The van der Waals surface area contributed by atoms with Crippen molar-refractivity contribution in [3.05, 3.63) is 0 Å². The molecule has 2 rings (SSSR count). The van der Waals surface area contributed by atoms with Crippen LogP contribution in [0.25, 0.3) is 0 Å². The molecule has 0 aromatic carbocycles. The first-order chi connectivity index (χ1) is 5.49. The van der Waals surface area contributed by atoms with Crippen LogP contribution in [0.15, 0.2) is 0 Å². The minimum absolute atomic E-state index is 0.0314. The summed E-state index contributed by atoms with van der Waals surface area (Å²) >= 11 is 5.42. The van der Waals surface area contributed by atoms with E-state index in [9.17, 15) is 4.89 Å². The molecule has 0 amide bonds. The number of fused-ring (bicyclic) bond motifs is 2. The zero-order chi connectivity index (χ0) is 8.82. The van der Waals surface area contributed by atoms with E-state index in [-0.39, 0.29) is 5.60 Å². The van der Waals surface area contributed by atoms with Gasteiger partial charge in [0, 0.05) is 0 Å². The first-order valence-corrected chi connectivity index (χ1v) is 10.3. The molecule has 0 aromatic heterocycles. The predicted molar refractivity (Wildman–Crippen MR) is 51.0 cm³/mol. The Balaban J connectivity index is 2.08. The summed E-state index contributed by atoms with van der Waals surface area (Å²) in [6, 6.07) is 0. The molecule has 2 aliphatic rings. The van der Waals surface area contributed by atoms with Crippen molar-refractivity contribution >= 4 is 35.3 Å². The van der Waals surface area contributed by atoms with Gasteiger partial charge in [-0.15, -0.1) is 0 Å². The van der Waals surface area contributed by atoms with Crippen LogP contribution >= 0.6 is 4.65 Å². The van der Waals surface area contributed by atoms with E-state index < -0.39 is 4.65 Å². The molecule has 0 spiro atoms. The molecule has 0 aliphatic heterocycles. The van der Waals surface area contributed by atoms with Crippen LogP contribution < -0.4 is 0 Å². The second kappa shape index (κ2) is 3.21. The molecule has 1 atom stereocenters. The fourth-order valence-electron chi connectivity index (χ4n) is 2.51. The molecule has 2 bridgehead atoms. The molecule has 1 radical (unpaired) electrons. The van der Waals surface area contributed by atoms with Crippen molar-refractivity contribution in [1.82, 2.24) is 0 Å². The standard InChI is InChI=1S/C7H12O2PSe2/c8-10(11,12)9-7-3-1-6(5-7)2-4-7/h6H,1-5H2,(H,8,11). The molecular formula is C7H12O2PSe2. The molecule has 2 nitrogen and oxygen atoms in total. The Morgan fingerprint density at radius 1 is 1.42 bits per heavy atom. The van der Waals surface area contributed by atoms with Crippen LogP contribution in [0, 0.1) is 5.92 Å². The van der Waals surface area contributed by atoms with Gasteiger partial charge in [0.15, 0.2) is 0 Å². The molecule has 12 heavy (non-hydrogen) atoms. The van der Waals surface area contributed by atoms with E-state index in [0.717, 1.165) is 18.8 Å². The van der Waals surface area contributed by atoms with Gasteiger partial charge >= 0.3 is 88.4 Å². The molecule has 1 N–H and O–H groups in total. The van der Waals surface area contributed by atoms with Crippen LogP contribution in [0.2, 0.25) is 0 Å². The second-order valence-electron chi connectivity index (χ2n) is 3.89. The maximum absolute atomic E-state index is 9.57. The van der Waals surface area contributed by atoms with Crippen molar-refractivity contribution in [3.63, 3.8) is 0 Å². The number of hydrogen-bond acceptors (Lipinski definition) is 2. The third-order valence-corrected chi connectivity index (χ3v) is 4.54. The molecule has 0 aromatic rings. The van der Waals surface area contributed by atoms with Gasteiger partial charge in [0.2, 0.25) is 0 Å². The van der Waals surface area contributed by atoms with Crippen LogP contribution in [-0.2, 0) is 4.52 Å². The molecule has 0 saturated heterocycles. The molecule has 69 valence electrons. The minimum atomic E-state index is -2.27. The Labute approximate surface area is 88.3 Å². The van der Waals surface area contributed by atoms with E-state index in [1.165, 1.54) is 19.3 Å². The molecule has 2 fully saturated rings. The van der Waals surface area contributed by atoms with Crippen molar-refractivity contribution in [2.75, 3.05) is 0 Å². The van der Waals surface area contributed by atoms with Gasteiger partial charge in [-0.25, -0.2) is 0 Å². The van der Waals surface area contributed by atoms with Gasteiger partial charge in [0.25, 0.3) is 0 Å². The fourth-order valence-corrected chi connectivity index (χ4v) is 5.25. The third kappa shape index (κ3) is 2.07. The normalized spacial score (nSPS) is 44.7. The number of hydrogen-bond donors (Lipinski definition) is 1. The van der Waals surface area contributed by atoms with E-state index >= 15 is 0 Å². The zero-order valence-electron chi connectivity index (χ0n) is 6.73. The van der Waals surface area contributed by atoms with Crippen LogP contribution in [-0.4, -0.2) is 41.2 Å². The summed E-state index contributed by atoms with van der Waals surface area (Å²) in [4.78, 5) is 9.57. The van der Waals surface area contributed by atoms with Crippen molar-refractivity contribution in [2.24, 2.45) is 5.92 Å². The summed E-state index contributed by atoms with van der Waals surface area (Å²) in [5.74, 6) is 0.872. The van der Waals surface area contributed by atoms with Gasteiger partial charge in [0.1, 0.15) is 0 Å². The molecular weight excluding hydrogens is 305 g/mol. The van der Waals surface area contributed by atoms with E-state index in [2.05, 4.69) is 30.7 Å². The molecule has 2 aliphatic carbocycles. The average molecular weight is 317 g/mol. The molecule has 5 heteroatoms. The summed E-state index contributed by atoms with van der Waals surface area (Å²) in [6.07, 6.45) is 6.03. The summed E-state index contributed by atoms with van der Waals surface area (Å²) in [7, 11) is 0. The first-order valence-electron chi connectivity index (χ1n) is 4.24. The summed E-state index contributed by atoms with van der Waals surface area (Å²) in [6.45, 7) is 0. The van der Waals surface area contributed by atoms with Crippen LogP contribution in [0.5, 0.6) is 0 Å². The predicted octanol–water partition coefficient (Wildman–Crippen LogP) is 1.34. The Kier molecular flexibility index (Phi) is 2.65. The Morgan fingerprint density at radius 3 is 2.33 bits per heavy atom. The fraction of sp³-hybridized carbons (Fsp3) is 1.00. The monoisotopic (exact) mass is 319 g/mol. The van der Waals surface area contributed by atoms with E-state index in [0.29, 0.717) is 0 Å². The maximum atomic E-state index is 9.57. The van der Waals surface area contributed by atoms with Gasteiger partial charge in [-0.05, 0) is 0 Å². The van der Waals surface area contributed by atoms with Crippen LogP contribution in [0.1, 0.15) is 32.1 Å². The Morgan fingerprint density at radius 2 is 2.00 bits per heavy atom.